The maximum Gasteiger partial charge on any atom is 0.140 e. The van der Waals surface area contributed by atoms with Crippen LogP contribution in [0.3, 0.4) is 0 Å². The van der Waals surface area contributed by atoms with E-state index >= 15 is 0 Å². The first-order valence-electron chi connectivity index (χ1n) is 7.91. The summed E-state index contributed by atoms with van der Waals surface area (Å²) in [4.78, 5) is 13.0. The monoisotopic (exact) mass is 258 g/mol. The number of rotatable bonds is 0. The lowest BCUT2D eigenvalue weighted by molar-refractivity contribution is -0.132. The lowest BCUT2D eigenvalue weighted by atomic mass is 9.57. The van der Waals surface area contributed by atoms with Crippen molar-refractivity contribution >= 4 is 5.78 Å². The first-order chi connectivity index (χ1) is 9.01. The molecule has 0 saturated heterocycles. The Labute approximate surface area is 117 Å². The van der Waals surface area contributed by atoms with Gasteiger partial charge in [-0.3, -0.25) is 4.79 Å². The van der Waals surface area contributed by atoms with Crippen molar-refractivity contribution in [1.29, 1.82) is 0 Å². The maximum absolute atomic E-state index is 13.0. The van der Waals surface area contributed by atoms with E-state index in [1.165, 1.54) is 12.8 Å². The van der Waals surface area contributed by atoms with Gasteiger partial charge < -0.3 is 0 Å². The van der Waals surface area contributed by atoms with E-state index in [1.54, 1.807) is 11.1 Å². The summed E-state index contributed by atoms with van der Waals surface area (Å²) >= 11 is 0. The summed E-state index contributed by atoms with van der Waals surface area (Å²) in [5.74, 6) is 1.67. The molecule has 0 radical (unpaired) electrons. The minimum atomic E-state index is 0.103. The molecule has 3 aliphatic rings. The molecule has 1 saturated carbocycles. The molecule has 1 fully saturated rings. The number of carbonyl (C=O) groups is 1. The van der Waals surface area contributed by atoms with Crippen LogP contribution in [-0.2, 0) is 4.79 Å². The van der Waals surface area contributed by atoms with Crippen molar-refractivity contribution in [3.63, 3.8) is 0 Å². The number of fused-ring (bicyclic) bond motifs is 3. The van der Waals surface area contributed by atoms with Crippen LogP contribution in [0.2, 0.25) is 0 Å². The van der Waals surface area contributed by atoms with Crippen LogP contribution in [0.25, 0.3) is 0 Å². The number of allylic oxidation sites excluding steroid dienone is 4. The number of Topliss-reactive ketones (excluding diaryl/α,β-unsaturated/α-hetero) is 1. The van der Waals surface area contributed by atoms with Gasteiger partial charge >= 0.3 is 0 Å². The Kier molecular flexibility index (Phi) is 3.19. The summed E-state index contributed by atoms with van der Waals surface area (Å²) in [5.41, 5.74) is 3.26. The molecule has 3 atom stereocenters. The molecule has 3 rings (SSSR count). The molecular formula is C18H26O. The van der Waals surface area contributed by atoms with Gasteiger partial charge in [0.15, 0.2) is 0 Å². The van der Waals surface area contributed by atoms with Gasteiger partial charge in [0, 0.05) is 11.8 Å². The van der Waals surface area contributed by atoms with Crippen LogP contribution in [-0.4, -0.2) is 5.78 Å². The number of hydrogen-bond donors (Lipinski definition) is 0. The summed E-state index contributed by atoms with van der Waals surface area (Å²) in [7, 11) is 0. The third-order valence-electron chi connectivity index (χ3n) is 5.95. The highest BCUT2D eigenvalue weighted by Gasteiger charge is 2.46. The van der Waals surface area contributed by atoms with Crippen molar-refractivity contribution in [3.05, 3.63) is 23.3 Å². The summed E-state index contributed by atoms with van der Waals surface area (Å²) in [6, 6.07) is 0. The molecule has 0 aromatic carbocycles. The predicted molar refractivity (Wildman–Crippen MR) is 78.8 cm³/mol. The third-order valence-corrected chi connectivity index (χ3v) is 5.95. The largest absolute Gasteiger partial charge is 0.299 e. The lowest BCUT2D eigenvalue weighted by Crippen LogP contribution is -2.43. The Hall–Kier alpha value is -0.850. The SMILES string of the molecule is CC1=C2CC[C@H]3C=CCC[C@H]3C(=O)[C@@H](CC1)C2(C)C. The molecular weight excluding hydrogens is 232 g/mol. The first kappa shape index (κ1) is 13.1. The van der Waals surface area contributed by atoms with Gasteiger partial charge in [-0.25, -0.2) is 0 Å². The Morgan fingerprint density at radius 1 is 1.16 bits per heavy atom. The second kappa shape index (κ2) is 4.61. The molecule has 0 amide bonds. The first-order valence-corrected chi connectivity index (χ1v) is 7.91. The van der Waals surface area contributed by atoms with Crippen molar-refractivity contribution in [2.75, 3.05) is 0 Å². The number of ketones is 1. The second-order valence-corrected chi connectivity index (χ2v) is 7.29. The average molecular weight is 258 g/mol. The standard InChI is InChI=1S/C18H26O/c1-12-8-10-16-17(19)14-7-5-4-6-13(14)9-11-15(12)18(16,2)3/h4,6,13-14,16H,5,7-11H2,1-3H3/t13-,14-,16-/m1/s1. The van der Waals surface area contributed by atoms with E-state index in [1.807, 2.05) is 0 Å². The zero-order valence-electron chi connectivity index (χ0n) is 12.5. The minimum absolute atomic E-state index is 0.103. The Morgan fingerprint density at radius 2 is 1.95 bits per heavy atom. The Morgan fingerprint density at radius 3 is 2.74 bits per heavy atom. The molecule has 0 heterocycles. The van der Waals surface area contributed by atoms with Gasteiger partial charge in [-0.2, -0.15) is 0 Å². The summed E-state index contributed by atoms with van der Waals surface area (Å²) in [6.07, 6.45) is 11.4. The smallest absolute Gasteiger partial charge is 0.140 e. The predicted octanol–water partition coefficient (Wildman–Crippen LogP) is 4.68. The highest BCUT2D eigenvalue weighted by molar-refractivity contribution is 5.85. The molecule has 0 spiro atoms. The van der Waals surface area contributed by atoms with Crippen LogP contribution in [0.4, 0.5) is 0 Å². The van der Waals surface area contributed by atoms with Gasteiger partial charge in [0.25, 0.3) is 0 Å². The zero-order chi connectivity index (χ0) is 13.6. The van der Waals surface area contributed by atoms with Crippen LogP contribution in [0.1, 0.15) is 59.3 Å². The van der Waals surface area contributed by atoms with E-state index < -0.39 is 0 Å². The molecule has 104 valence electrons. The fourth-order valence-electron chi connectivity index (χ4n) is 4.78. The molecule has 0 unspecified atom stereocenters. The summed E-state index contributed by atoms with van der Waals surface area (Å²) in [5, 5.41) is 0. The maximum atomic E-state index is 13.0. The minimum Gasteiger partial charge on any atom is -0.299 e. The van der Waals surface area contributed by atoms with Crippen molar-refractivity contribution in [2.45, 2.75) is 59.3 Å². The molecule has 0 aromatic rings. The Bertz CT molecular complexity index is 452. The summed E-state index contributed by atoms with van der Waals surface area (Å²) in [6.45, 7) is 6.91. The fourth-order valence-corrected chi connectivity index (χ4v) is 4.78. The average Bonchev–Trinajstić information content (AvgIpc) is 2.37. The normalized spacial score (nSPS) is 37.6. The van der Waals surface area contributed by atoms with Gasteiger partial charge in [0.1, 0.15) is 5.78 Å². The van der Waals surface area contributed by atoms with E-state index in [0.717, 1.165) is 25.7 Å². The van der Waals surface area contributed by atoms with E-state index in [-0.39, 0.29) is 11.3 Å². The number of hydrogen-bond acceptors (Lipinski definition) is 1. The van der Waals surface area contributed by atoms with Gasteiger partial charge in [-0.1, -0.05) is 37.1 Å². The van der Waals surface area contributed by atoms with Crippen LogP contribution in [0, 0.1) is 23.2 Å². The second-order valence-electron chi connectivity index (χ2n) is 7.29. The highest BCUT2D eigenvalue weighted by Crippen LogP contribution is 2.51. The molecule has 3 aliphatic carbocycles. The number of carbonyl (C=O) groups excluding carboxylic acids is 1. The van der Waals surface area contributed by atoms with E-state index in [0.29, 0.717) is 17.6 Å². The molecule has 1 nitrogen and oxygen atoms in total. The van der Waals surface area contributed by atoms with Gasteiger partial charge in [0.2, 0.25) is 0 Å². The molecule has 2 bridgehead atoms. The fraction of sp³-hybridized carbons (Fsp3) is 0.722. The quantitative estimate of drug-likeness (QED) is 0.576. The van der Waals surface area contributed by atoms with Crippen LogP contribution in [0.15, 0.2) is 23.3 Å². The van der Waals surface area contributed by atoms with Crippen molar-refractivity contribution in [3.8, 4) is 0 Å². The molecule has 0 aromatic heterocycles. The molecule has 0 N–H and O–H groups in total. The highest BCUT2D eigenvalue weighted by atomic mass is 16.1. The molecule has 1 heteroatoms. The van der Waals surface area contributed by atoms with Crippen LogP contribution < -0.4 is 0 Å². The van der Waals surface area contributed by atoms with Crippen molar-refractivity contribution in [2.24, 2.45) is 23.2 Å². The van der Waals surface area contributed by atoms with Crippen molar-refractivity contribution in [1.82, 2.24) is 0 Å². The van der Waals surface area contributed by atoms with Gasteiger partial charge in [-0.15, -0.1) is 0 Å². The van der Waals surface area contributed by atoms with Crippen LogP contribution >= 0.6 is 0 Å². The van der Waals surface area contributed by atoms with E-state index in [2.05, 4.69) is 32.9 Å². The lowest BCUT2D eigenvalue weighted by Gasteiger charge is -2.46. The Balaban J connectivity index is 2.02. The van der Waals surface area contributed by atoms with Gasteiger partial charge in [0.05, 0.1) is 0 Å². The topological polar surface area (TPSA) is 17.1 Å². The molecule has 19 heavy (non-hydrogen) atoms. The van der Waals surface area contributed by atoms with Crippen LogP contribution in [0.5, 0.6) is 0 Å². The summed E-state index contributed by atoms with van der Waals surface area (Å²) < 4.78 is 0. The van der Waals surface area contributed by atoms with E-state index in [9.17, 15) is 4.79 Å². The zero-order valence-corrected chi connectivity index (χ0v) is 12.5. The third kappa shape index (κ3) is 2.02. The van der Waals surface area contributed by atoms with E-state index in [4.69, 9.17) is 0 Å². The van der Waals surface area contributed by atoms with Gasteiger partial charge in [-0.05, 0) is 56.8 Å². The van der Waals surface area contributed by atoms with Crippen molar-refractivity contribution < 1.29 is 4.79 Å². The molecule has 0 aliphatic heterocycles.